The molecule has 0 amide bonds. The van der Waals surface area contributed by atoms with Gasteiger partial charge in [0.05, 0.1) is 0 Å². The molecular formula is C5H8Cl2S. The molecule has 0 heterocycles. The molecule has 0 aliphatic carbocycles. The van der Waals surface area contributed by atoms with Crippen LogP contribution in [0.1, 0.15) is 12.8 Å². The molecule has 0 saturated heterocycles. The van der Waals surface area contributed by atoms with Crippen molar-refractivity contribution in [3.05, 3.63) is 10.6 Å². The predicted molar refractivity (Wildman–Crippen MR) is 42.9 cm³/mol. The van der Waals surface area contributed by atoms with Crippen molar-refractivity contribution in [1.29, 1.82) is 0 Å². The van der Waals surface area contributed by atoms with Gasteiger partial charge in [-0.25, -0.2) is 0 Å². The minimum absolute atomic E-state index is 0.354. The zero-order valence-electron chi connectivity index (χ0n) is 4.40. The van der Waals surface area contributed by atoms with Crippen molar-refractivity contribution in [3.63, 3.8) is 0 Å². The summed E-state index contributed by atoms with van der Waals surface area (Å²) in [4.78, 5) is 0. The van der Waals surface area contributed by atoms with Gasteiger partial charge in [-0.3, -0.25) is 0 Å². The number of rotatable bonds is 3. The SMILES string of the molecule is SCCCC=C(Cl)Cl. The molecule has 0 bridgehead atoms. The molecule has 0 nitrogen and oxygen atoms in total. The summed E-state index contributed by atoms with van der Waals surface area (Å²) in [6.07, 6.45) is 3.73. The summed E-state index contributed by atoms with van der Waals surface area (Å²) in [6, 6.07) is 0. The first-order valence-electron chi connectivity index (χ1n) is 2.39. The largest absolute Gasteiger partial charge is 0.179 e. The van der Waals surface area contributed by atoms with Gasteiger partial charge in [0, 0.05) is 0 Å². The molecular weight excluding hydrogens is 163 g/mol. The van der Waals surface area contributed by atoms with Gasteiger partial charge in [0.2, 0.25) is 0 Å². The minimum Gasteiger partial charge on any atom is -0.179 e. The average Bonchev–Trinajstić information content (AvgIpc) is 1.66. The molecule has 0 atom stereocenters. The van der Waals surface area contributed by atoms with Crippen molar-refractivity contribution in [2.45, 2.75) is 12.8 Å². The molecule has 0 rings (SSSR count). The van der Waals surface area contributed by atoms with Crippen molar-refractivity contribution < 1.29 is 0 Å². The van der Waals surface area contributed by atoms with Crippen LogP contribution in [0.25, 0.3) is 0 Å². The molecule has 0 aromatic rings. The third-order valence-electron chi connectivity index (χ3n) is 0.661. The highest BCUT2D eigenvalue weighted by Gasteiger charge is 1.81. The van der Waals surface area contributed by atoms with E-state index in [-0.39, 0.29) is 0 Å². The van der Waals surface area contributed by atoms with E-state index in [2.05, 4.69) is 12.6 Å². The van der Waals surface area contributed by atoms with Gasteiger partial charge in [-0.1, -0.05) is 29.3 Å². The smallest absolute Gasteiger partial charge is 0.102 e. The van der Waals surface area contributed by atoms with Crippen LogP contribution in [-0.2, 0) is 0 Å². The van der Waals surface area contributed by atoms with E-state index in [0.29, 0.717) is 4.49 Å². The molecule has 0 aromatic carbocycles. The molecule has 0 radical (unpaired) electrons. The Bertz CT molecular complexity index is 76.5. The average molecular weight is 171 g/mol. The summed E-state index contributed by atoms with van der Waals surface area (Å²) < 4.78 is 0.354. The lowest BCUT2D eigenvalue weighted by atomic mass is 10.3. The lowest BCUT2D eigenvalue weighted by Gasteiger charge is -1.85. The molecule has 0 aliphatic heterocycles. The van der Waals surface area contributed by atoms with Gasteiger partial charge >= 0.3 is 0 Å². The van der Waals surface area contributed by atoms with Gasteiger partial charge in [0.1, 0.15) is 4.49 Å². The van der Waals surface area contributed by atoms with Crippen LogP contribution in [0.4, 0.5) is 0 Å². The lowest BCUT2D eigenvalue weighted by molar-refractivity contribution is 0.975. The van der Waals surface area contributed by atoms with Gasteiger partial charge in [0.25, 0.3) is 0 Å². The van der Waals surface area contributed by atoms with Crippen molar-refractivity contribution in [2.24, 2.45) is 0 Å². The van der Waals surface area contributed by atoms with Crippen LogP contribution in [-0.4, -0.2) is 5.75 Å². The minimum atomic E-state index is 0.354. The zero-order chi connectivity index (χ0) is 6.41. The molecule has 0 unspecified atom stereocenters. The second-order valence-corrected chi connectivity index (χ2v) is 2.81. The summed E-state index contributed by atoms with van der Waals surface area (Å²) in [5.41, 5.74) is 0. The Labute approximate surface area is 65.3 Å². The molecule has 0 N–H and O–H groups in total. The van der Waals surface area contributed by atoms with Crippen LogP contribution >= 0.6 is 35.8 Å². The maximum atomic E-state index is 5.32. The second kappa shape index (κ2) is 5.80. The number of thiol groups is 1. The predicted octanol–water partition coefficient (Wildman–Crippen LogP) is 3.02. The van der Waals surface area contributed by atoms with E-state index in [1.807, 2.05) is 0 Å². The number of unbranched alkanes of at least 4 members (excludes halogenated alkanes) is 1. The Hall–Kier alpha value is 0.670. The zero-order valence-corrected chi connectivity index (χ0v) is 6.81. The van der Waals surface area contributed by atoms with Crippen LogP contribution in [0, 0.1) is 0 Å². The topological polar surface area (TPSA) is 0 Å². The summed E-state index contributed by atoms with van der Waals surface area (Å²) in [5, 5.41) is 0. The van der Waals surface area contributed by atoms with Gasteiger partial charge in [-0.05, 0) is 18.6 Å². The van der Waals surface area contributed by atoms with Crippen molar-refractivity contribution in [1.82, 2.24) is 0 Å². The fraction of sp³-hybridized carbons (Fsp3) is 0.600. The second-order valence-electron chi connectivity index (χ2n) is 1.36. The Morgan fingerprint density at radius 3 is 2.50 bits per heavy atom. The molecule has 0 aliphatic rings. The molecule has 0 spiro atoms. The molecule has 8 heavy (non-hydrogen) atoms. The van der Waals surface area contributed by atoms with Gasteiger partial charge in [-0.15, -0.1) is 0 Å². The van der Waals surface area contributed by atoms with Crippen molar-refractivity contribution in [2.75, 3.05) is 5.75 Å². The van der Waals surface area contributed by atoms with E-state index >= 15 is 0 Å². The Kier molecular flexibility index (Phi) is 6.29. The van der Waals surface area contributed by atoms with Crippen LogP contribution < -0.4 is 0 Å². The van der Waals surface area contributed by atoms with E-state index in [4.69, 9.17) is 23.2 Å². The molecule has 48 valence electrons. The normalized spacial score (nSPS) is 8.88. The Morgan fingerprint density at radius 2 is 2.12 bits per heavy atom. The quantitative estimate of drug-likeness (QED) is 0.489. The highest BCUT2D eigenvalue weighted by atomic mass is 35.5. The number of allylic oxidation sites excluding steroid dienone is 1. The van der Waals surface area contributed by atoms with Crippen molar-refractivity contribution >= 4 is 35.8 Å². The molecule has 0 aromatic heterocycles. The number of hydrogen-bond acceptors (Lipinski definition) is 1. The number of halogens is 2. The van der Waals surface area contributed by atoms with Crippen molar-refractivity contribution in [3.8, 4) is 0 Å². The van der Waals surface area contributed by atoms with E-state index in [9.17, 15) is 0 Å². The monoisotopic (exact) mass is 170 g/mol. The number of hydrogen-bond donors (Lipinski definition) is 1. The summed E-state index contributed by atoms with van der Waals surface area (Å²) in [7, 11) is 0. The van der Waals surface area contributed by atoms with E-state index in [1.54, 1.807) is 6.08 Å². The third kappa shape index (κ3) is 6.67. The van der Waals surface area contributed by atoms with E-state index in [0.717, 1.165) is 18.6 Å². The standard InChI is InChI=1S/C5H8Cl2S/c6-5(7)3-1-2-4-8/h3,8H,1-2,4H2. The Balaban J connectivity index is 3.03. The highest BCUT2D eigenvalue weighted by Crippen LogP contribution is 2.08. The maximum Gasteiger partial charge on any atom is 0.102 e. The van der Waals surface area contributed by atoms with Crippen LogP contribution in [0.3, 0.4) is 0 Å². The third-order valence-corrected chi connectivity index (χ3v) is 1.29. The molecule has 3 heteroatoms. The molecule has 0 fully saturated rings. The first kappa shape index (κ1) is 8.67. The van der Waals surface area contributed by atoms with Crippen LogP contribution in [0.15, 0.2) is 10.6 Å². The summed E-state index contributed by atoms with van der Waals surface area (Å²) in [5.74, 6) is 0.886. The first-order chi connectivity index (χ1) is 3.77. The first-order valence-corrected chi connectivity index (χ1v) is 3.78. The fourth-order valence-electron chi connectivity index (χ4n) is 0.302. The van der Waals surface area contributed by atoms with Gasteiger partial charge in [-0.2, -0.15) is 12.6 Å². The highest BCUT2D eigenvalue weighted by molar-refractivity contribution is 7.80. The molecule has 0 saturated carbocycles. The Morgan fingerprint density at radius 1 is 1.50 bits per heavy atom. The maximum absolute atomic E-state index is 5.32. The van der Waals surface area contributed by atoms with Crippen LogP contribution in [0.5, 0.6) is 0 Å². The fourth-order valence-corrected chi connectivity index (χ4v) is 0.703. The van der Waals surface area contributed by atoms with Gasteiger partial charge in [0.15, 0.2) is 0 Å². The summed E-state index contributed by atoms with van der Waals surface area (Å²) in [6.45, 7) is 0. The lowest BCUT2D eigenvalue weighted by Crippen LogP contribution is -1.70. The van der Waals surface area contributed by atoms with E-state index in [1.165, 1.54) is 0 Å². The summed E-state index contributed by atoms with van der Waals surface area (Å²) >= 11 is 14.6. The van der Waals surface area contributed by atoms with E-state index < -0.39 is 0 Å². The van der Waals surface area contributed by atoms with Gasteiger partial charge < -0.3 is 0 Å². The van der Waals surface area contributed by atoms with Crippen LogP contribution in [0.2, 0.25) is 0 Å².